The van der Waals surface area contributed by atoms with E-state index >= 15 is 0 Å². The van der Waals surface area contributed by atoms with E-state index in [1.807, 2.05) is 0 Å². The summed E-state index contributed by atoms with van der Waals surface area (Å²) in [6, 6.07) is 1.15. The minimum atomic E-state index is -2.85. The normalized spacial score (nSPS) is 33.2. The van der Waals surface area contributed by atoms with E-state index in [9.17, 15) is 8.42 Å². The second-order valence-corrected chi connectivity index (χ2v) is 8.45. The highest BCUT2D eigenvalue weighted by atomic mass is 32.2. The van der Waals surface area contributed by atoms with Crippen molar-refractivity contribution < 1.29 is 8.42 Å². The molecule has 0 aromatic rings. The van der Waals surface area contributed by atoms with Gasteiger partial charge in [-0.05, 0) is 38.1 Å². The van der Waals surface area contributed by atoms with Gasteiger partial charge in [-0.3, -0.25) is 0 Å². The Balaban J connectivity index is 1.84. The third-order valence-electron chi connectivity index (χ3n) is 4.56. The summed E-state index contributed by atoms with van der Waals surface area (Å²) in [6.07, 6.45) is 10.3. The monoisotopic (exact) mass is 288 g/mol. The van der Waals surface area contributed by atoms with Gasteiger partial charge in [-0.25, -0.2) is 8.42 Å². The molecule has 0 amide bonds. The van der Waals surface area contributed by atoms with Gasteiger partial charge in [-0.15, -0.1) is 0 Å². The van der Waals surface area contributed by atoms with Crippen molar-refractivity contribution in [3.05, 3.63) is 0 Å². The van der Waals surface area contributed by atoms with E-state index in [2.05, 4.69) is 10.6 Å². The van der Waals surface area contributed by atoms with Gasteiger partial charge in [-0.2, -0.15) is 0 Å². The maximum absolute atomic E-state index is 11.2. The van der Waals surface area contributed by atoms with Crippen LogP contribution in [0.25, 0.3) is 0 Å². The molecule has 0 radical (unpaired) electrons. The van der Waals surface area contributed by atoms with E-state index < -0.39 is 9.84 Å². The molecule has 0 aromatic carbocycles. The largest absolute Gasteiger partial charge is 0.314 e. The lowest BCUT2D eigenvalue weighted by molar-refractivity contribution is 0.184. The third-order valence-corrected chi connectivity index (χ3v) is 5.51. The first-order chi connectivity index (χ1) is 9.06. The second-order valence-electron chi connectivity index (χ2n) is 6.20. The van der Waals surface area contributed by atoms with Crippen molar-refractivity contribution in [3.8, 4) is 0 Å². The molecule has 19 heavy (non-hydrogen) atoms. The van der Waals surface area contributed by atoms with Crippen LogP contribution in [-0.4, -0.2) is 45.6 Å². The maximum atomic E-state index is 11.2. The van der Waals surface area contributed by atoms with Gasteiger partial charge in [0.05, 0.1) is 5.75 Å². The Bertz CT molecular complexity index is 364. The van der Waals surface area contributed by atoms with E-state index in [0.717, 1.165) is 6.54 Å². The van der Waals surface area contributed by atoms with Crippen molar-refractivity contribution in [1.82, 2.24) is 10.6 Å². The van der Waals surface area contributed by atoms with Gasteiger partial charge in [0.25, 0.3) is 0 Å². The molecule has 0 spiro atoms. The number of rotatable bonds is 5. The fraction of sp³-hybridized carbons (Fsp3) is 1.00. The predicted octanol–water partition coefficient (Wildman–Crippen LogP) is 1.32. The summed E-state index contributed by atoms with van der Waals surface area (Å²) in [5.41, 5.74) is 0. The van der Waals surface area contributed by atoms with Gasteiger partial charge in [0.1, 0.15) is 9.84 Å². The van der Waals surface area contributed by atoms with Gasteiger partial charge in [0.2, 0.25) is 0 Å². The van der Waals surface area contributed by atoms with Gasteiger partial charge in [-0.1, -0.05) is 19.3 Å². The van der Waals surface area contributed by atoms with Crippen molar-refractivity contribution in [2.75, 3.05) is 25.1 Å². The molecule has 0 bridgehead atoms. The van der Waals surface area contributed by atoms with Gasteiger partial charge >= 0.3 is 0 Å². The highest BCUT2D eigenvalue weighted by molar-refractivity contribution is 7.90. The Labute approximate surface area is 117 Å². The number of nitrogens with one attached hydrogen (secondary N) is 2. The van der Waals surface area contributed by atoms with Crippen LogP contribution in [0, 0.1) is 5.92 Å². The number of hydrogen-bond donors (Lipinski definition) is 2. The molecule has 1 aliphatic heterocycles. The highest BCUT2D eigenvalue weighted by Gasteiger charge is 2.32. The molecule has 1 heterocycles. The first kappa shape index (κ1) is 15.3. The Morgan fingerprint density at radius 2 is 1.84 bits per heavy atom. The molecule has 5 heteroatoms. The van der Waals surface area contributed by atoms with Crippen LogP contribution < -0.4 is 10.6 Å². The summed E-state index contributed by atoms with van der Waals surface area (Å²) >= 11 is 0. The van der Waals surface area contributed by atoms with E-state index in [-0.39, 0.29) is 5.75 Å². The number of piperidine rings is 1. The molecule has 112 valence electrons. The lowest BCUT2D eigenvalue weighted by Crippen LogP contribution is -2.51. The van der Waals surface area contributed by atoms with Crippen LogP contribution >= 0.6 is 0 Å². The standard InChI is InChI=1S/C14H28N2O2S/c1-19(17,18)11-10-16-14-7-3-2-6-12(14)13-8-4-5-9-15-13/h12-16H,2-11H2,1H3. The predicted molar refractivity (Wildman–Crippen MR) is 79.1 cm³/mol. The maximum Gasteiger partial charge on any atom is 0.148 e. The topological polar surface area (TPSA) is 58.2 Å². The summed E-state index contributed by atoms with van der Waals surface area (Å²) in [4.78, 5) is 0. The van der Waals surface area contributed by atoms with Crippen LogP contribution in [0.2, 0.25) is 0 Å². The Morgan fingerprint density at radius 1 is 1.11 bits per heavy atom. The first-order valence-corrected chi connectivity index (χ1v) is 9.77. The van der Waals surface area contributed by atoms with Gasteiger partial charge in [0.15, 0.2) is 0 Å². The van der Waals surface area contributed by atoms with Crippen LogP contribution in [-0.2, 0) is 9.84 Å². The van der Waals surface area contributed by atoms with Crippen LogP contribution in [0.1, 0.15) is 44.9 Å². The van der Waals surface area contributed by atoms with Gasteiger partial charge < -0.3 is 10.6 Å². The fourth-order valence-electron chi connectivity index (χ4n) is 3.57. The minimum absolute atomic E-state index is 0.258. The average Bonchev–Trinajstić information content (AvgIpc) is 2.39. The first-order valence-electron chi connectivity index (χ1n) is 7.71. The average molecular weight is 288 g/mol. The third kappa shape index (κ3) is 5.04. The lowest BCUT2D eigenvalue weighted by Gasteiger charge is -2.40. The molecule has 2 rings (SSSR count). The molecule has 1 saturated carbocycles. The van der Waals surface area contributed by atoms with Crippen molar-refractivity contribution >= 4 is 9.84 Å². The van der Waals surface area contributed by atoms with Crippen LogP contribution in [0.15, 0.2) is 0 Å². The molecule has 1 aliphatic carbocycles. The van der Waals surface area contributed by atoms with E-state index in [4.69, 9.17) is 0 Å². The lowest BCUT2D eigenvalue weighted by atomic mass is 9.77. The van der Waals surface area contributed by atoms with Crippen LogP contribution in [0.3, 0.4) is 0 Å². The molecule has 0 aromatic heterocycles. The fourth-order valence-corrected chi connectivity index (χ4v) is 4.06. The number of sulfone groups is 1. The molecule has 4 nitrogen and oxygen atoms in total. The van der Waals surface area contributed by atoms with Crippen molar-refractivity contribution in [2.45, 2.75) is 57.0 Å². The Morgan fingerprint density at radius 3 is 2.53 bits per heavy atom. The zero-order valence-electron chi connectivity index (χ0n) is 12.0. The van der Waals surface area contributed by atoms with E-state index in [1.165, 1.54) is 51.2 Å². The zero-order valence-corrected chi connectivity index (χ0v) is 12.8. The minimum Gasteiger partial charge on any atom is -0.314 e. The molecule has 3 unspecified atom stereocenters. The van der Waals surface area contributed by atoms with E-state index in [1.54, 1.807) is 0 Å². The molecule has 1 saturated heterocycles. The van der Waals surface area contributed by atoms with Crippen molar-refractivity contribution in [1.29, 1.82) is 0 Å². The smallest absolute Gasteiger partial charge is 0.148 e. The van der Waals surface area contributed by atoms with Crippen molar-refractivity contribution in [3.63, 3.8) is 0 Å². The molecule has 2 fully saturated rings. The summed E-state index contributed by atoms with van der Waals surface area (Å²) in [5.74, 6) is 0.947. The summed E-state index contributed by atoms with van der Waals surface area (Å²) < 4.78 is 22.4. The van der Waals surface area contributed by atoms with Gasteiger partial charge in [0, 0.05) is 24.9 Å². The molecular weight excluding hydrogens is 260 g/mol. The number of hydrogen-bond acceptors (Lipinski definition) is 4. The summed E-state index contributed by atoms with van der Waals surface area (Å²) in [7, 11) is -2.85. The SMILES string of the molecule is CS(=O)(=O)CCNC1CCCCC1C1CCCCN1. The Hall–Kier alpha value is -0.130. The molecule has 2 N–H and O–H groups in total. The molecular formula is C14H28N2O2S. The second kappa shape index (κ2) is 7.04. The van der Waals surface area contributed by atoms with Crippen LogP contribution in [0.5, 0.6) is 0 Å². The summed E-state index contributed by atoms with van der Waals surface area (Å²) in [6.45, 7) is 1.75. The zero-order chi connectivity index (χ0) is 13.7. The molecule has 3 atom stereocenters. The van der Waals surface area contributed by atoms with Crippen LogP contribution in [0.4, 0.5) is 0 Å². The van der Waals surface area contributed by atoms with E-state index in [0.29, 0.717) is 24.5 Å². The molecule has 2 aliphatic rings. The Kier molecular flexibility index (Phi) is 5.66. The highest BCUT2D eigenvalue weighted by Crippen LogP contribution is 2.30. The summed E-state index contributed by atoms with van der Waals surface area (Å²) in [5, 5.41) is 7.17. The van der Waals surface area contributed by atoms with Crippen molar-refractivity contribution in [2.24, 2.45) is 5.92 Å². The quantitative estimate of drug-likeness (QED) is 0.801.